The monoisotopic (exact) mass is 560 g/mol. The maximum absolute atomic E-state index is 12.3. The van der Waals surface area contributed by atoms with E-state index in [1.54, 1.807) is 6.07 Å². The fraction of sp³-hybridized carbons (Fsp3) is 0.448. The quantitative estimate of drug-likeness (QED) is 0.330. The number of nitrogens with zero attached hydrogens (tertiary/aromatic N) is 8. The smallest absolute Gasteiger partial charge is 0.247 e. The predicted octanol–water partition coefficient (Wildman–Crippen LogP) is 4.05. The van der Waals surface area contributed by atoms with Gasteiger partial charge in [0.2, 0.25) is 23.7 Å². The molecule has 4 rings (SSSR count). The van der Waals surface area contributed by atoms with Crippen LogP contribution in [0.2, 0.25) is 0 Å². The number of nitrogens with one attached hydrogen (secondary N) is 2. The molecular weight excluding hydrogens is 520 g/mol. The van der Waals surface area contributed by atoms with Gasteiger partial charge in [0.05, 0.1) is 23.2 Å². The lowest BCUT2D eigenvalue weighted by Crippen LogP contribution is -2.30. The van der Waals surface area contributed by atoms with E-state index in [1.165, 1.54) is 12.4 Å². The van der Waals surface area contributed by atoms with Crippen LogP contribution in [0.1, 0.15) is 39.1 Å². The minimum Gasteiger partial charge on any atom is -0.473 e. The van der Waals surface area contributed by atoms with E-state index in [1.807, 2.05) is 52.9 Å². The van der Waals surface area contributed by atoms with Crippen molar-refractivity contribution in [1.29, 1.82) is 0 Å². The second-order valence-electron chi connectivity index (χ2n) is 11.3. The van der Waals surface area contributed by atoms with Crippen molar-refractivity contribution in [1.82, 2.24) is 29.8 Å². The molecule has 0 saturated heterocycles. The lowest BCUT2D eigenvalue weighted by molar-refractivity contribution is -0.111. The molecule has 0 saturated carbocycles. The summed E-state index contributed by atoms with van der Waals surface area (Å²) in [5, 5.41) is 6.13. The maximum Gasteiger partial charge on any atom is 0.247 e. The van der Waals surface area contributed by atoms with Gasteiger partial charge in [-0.3, -0.25) is 9.78 Å². The average molecular weight is 561 g/mol. The molecular formula is C29H40N10O2. The molecule has 0 atom stereocenters. The Morgan fingerprint density at radius 3 is 2.59 bits per heavy atom. The Morgan fingerprint density at radius 2 is 1.90 bits per heavy atom. The normalized spacial score (nSPS) is 13.8. The van der Waals surface area contributed by atoms with Gasteiger partial charge in [0.15, 0.2) is 5.82 Å². The Bertz CT molecular complexity index is 1420. The molecule has 1 aliphatic rings. The third-order valence-corrected chi connectivity index (χ3v) is 6.55. The lowest BCUT2D eigenvalue weighted by Gasteiger charge is -2.25. The highest BCUT2D eigenvalue weighted by Crippen LogP contribution is 2.42. The third-order valence-electron chi connectivity index (χ3n) is 6.55. The van der Waals surface area contributed by atoms with E-state index in [0.717, 1.165) is 23.6 Å². The van der Waals surface area contributed by atoms with Gasteiger partial charge in [0.25, 0.3) is 0 Å². The number of anilines is 6. The van der Waals surface area contributed by atoms with Crippen molar-refractivity contribution in [3.8, 4) is 5.88 Å². The molecule has 0 spiro atoms. The zero-order valence-corrected chi connectivity index (χ0v) is 25.2. The van der Waals surface area contributed by atoms with E-state index in [2.05, 4.69) is 56.9 Å². The van der Waals surface area contributed by atoms with Crippen LogP contribution in [0.5, 0.6) is 5.88 Å². The van der Waals surface area contributed by atoms with Crippen molar-refractivity contribution in [3.05, 3.63) is 48.6 Å². The van der Waals surface area contributed by atoms with E-state index >= 15 is 0 Å². The zero-order chi connectivity index (χ0) is 29.9. The summed E-state index contributed by atoms with van der Waals surface area (Å²) in [6.07, 6.45) is 2.54. The summed E-state index contributed by atoms with van der Waals surface area (Å²) in [6, 6.07) is 5.82. The number of fused-ring (bicyclic) bond motifs is 1. The summed E-state index contributed by atoms with van der Waals surface area (Å²) in [4.78, 5) is 41.6. The average Bonchev–Trinajstić information content (AvgIpc) is 3.18. The van der Waals surface area contributed by atoms with Crippen LogP contribution in [0.25, 0.3) is 0 Å². The fourth-order valence-corrected chi connectivity index (χ4v) is 4.51. The number of carbonyl (C=O) groups excluding carboxylic acids is 1. The number of pyridine rings is 2. The van der Waals surface area contributed by atoms with E-state index in [-0.39, 0.29) is 17.4 Å². The Labute approximate surface area is 241 Å². The first-order valence-corrected chi connectivity index (χ1v) is 13.6. The maximum atomic E-state index is 12.3. The largest absolute Gasteiger partial charge is 0.473 e. The van der Waals surface area contributed by atoms with E-state index < -0.39 is 0 Å². The molecule has 1 aliphatic heterocycles. The molecule has 3 aromatic rings. The summed E-state index contributed by atoms with van der Waals surface area (Å²) in [5.41, 5.74) is 3.79. The molecule has 0 aliphatic carbocycles. The van der Waals surface area contributed by atoms with Gasteiger partial charge in [-0.25, -0.2) is 9.97 Å². The molecule has 2 N–H and O–H groups in total. The van der Waals surface area contributed by atoms with Crippen LogP contribution < -0.4 is 25.2 Å². The van der Waals surface area contributed by atoms with E-state index in [9.17, 15) is 4.79 Å². The van der Waals surface area contributed by atoms with Gasteiger partial charge in [0, 0.05) is 37.8 Å². The SMILES string of the molecule is C=CC(=O)Nc1cc(Nc2ncnc(N3CC(C)(C)c4nc(C)ccc43)n2)c(OC(C)C)nc1N(C)CCN(C)C. The number of carbonyl (C=O) groups is 1. The van der Waals surface area contributed by atoms with Crippen molar-refractivity contribution < 1.29 is 9.53 Å². The summed E-state index contributed by atoms with van der Waals surface area (Å²) >= 11 is 0. The number of ether oxygens (including phenoxy) is 1. The van der Waals surface area contributed by atoms with Gasteiger partial charge in [-0.1, -0.05) is 20.4 Å². The Kier molecular flexibility index (Phi) is 8.72. The molecule has 218 valence electrons. The van der Waals surface area contributed by atoms with Crippen molar-refractivity contribution in [3.63, 3.8) is 0 Å². The van der Waals surface area contributed by atoms with E-state index in [4.69, 9.17) is 19.7 Å². The summed E-state index contributed by atoms with van der Waals surface area (Å²) in [6.45, 7) is 15.9. The van der Waals surface area contributed by atoms with Gasteiger partial charge < -0.3 is 30.1 Å². The Balaban J connectivity index is 1.72. The minimum absolute atomic E-state index is 0.148. The molecule has 0 aromatic carbocycles. The summed E-state index contributed by atoms with van der Waals surface area (Å²) < 4.78 is 6.10. The molecule has 0 fully saturated rings. The number of aromatic nitrogens is 5. The predicted molar refractivity (Wildman–Crippen MR) is 163 cm³/mol. The summed E-state index contributed by atoms with van der Waals surface area (Å²) in [5.74, 6) is 1.39. The first-order chi connectivity index (χ1) is 19.4. The number of amides is 1. The molecule has 1 amide bonds. The molecule has 0 radical (unpaired) electrons. The molecule has 3 aromatic heterocycles. The van der Waals surface area contributed by atoms with Crippen molar-refractivity contribution in [2.75, 3.05) is 61.2 Å². The van der Waals surface area contributed by atoms with Crippen LogP contribution in [0.3, 0.4) is 0 Å². The number of hydrogen-bond acceptors (Lipinski definition) is 11. The zero-order valence-electron chi connectivity index (χ0n) is 25.2. The van der Waals surface area contributed by atoms with E-state index in [0.29, 0.717) is 48.1 Å². The first kappa shape index (κ1) is 29.7. The Hall–Kier alpha value is -4.32. The highest BCUT2D eigenvalue weighted by molar-refractivity contribution is 6.01. The van der Waals surface area contributed by atoms with Crippen LogP contribution in [0.15, 0.2) is 37.2 Å². The van der Waals surface area contributed by atoms with Crippen LogP contribution >= 0.6 is 0 Å². The topological polar surface area (TPSA) is 125 Å². The fourth-order valence-electron chi connectivity index (χ4n) is 4.51. The number of hydrogen-bond donors (Lipinski definition) is 2. The molecule has 0 bridgehead atoms. The van der Waals surface area contributed by atoms with Crippen LogP contribution in [0.4, 0.5) is 34.8 Å². The molecule has 12 nitrogen and oxygen atoms in total. The second kappa shape index (κ2) is 12.0. The Morgan fingerprint density at radius 1 is 1.15 bits per heavy atom. The van der Waals surface area contributed by atoms with Crippen molar-refractivity contribution in [2.45, 2.75) is 46.1 Å². The minimum atomic E-state index is -0.348. The number of likely N-dealkylation sites (N-methyl/N-ethyl adjacent to an activating group) is 2. The van der Waals surface area contributed by atoms with Gasteiger partial charge in [0.1, 0.15) is 12.0 Å². The highest BCUT2D eigenvalue weighted by atomic mass is 16.5. The van der Waals surface area contributed by atoms with Gasteiger partial charge in [-0.15, -0.1) is 0 Å². The molecule has 12 heteroatoms. The van der Waals surface area contributed by atoms with Crippen LogP contribution in [0, 0.1) is 6.92 Å². The standard InChI is InChI=1S/C29H40N10O2/c1-10-23(40)33-20-15-21(26(41-18(2)3)35-25(20)38(9)14-13-37(7)8)34-27-30-17-31-28(36-27)39-16-29(5,6)24-22(39)12-11-19(4)32-24/h10-12,15,17-18H,1,13-14,16H2,2-9H3,(H,33,40)(H,30,31,34,36). The van der Waals surface area contributed by atoms with Gasteiger partial charge >= 0.3 is 0 Å². The molecule has 41 heavy (non-hydrogen) atoms. The van der Waals surface area contributed by atoms with Crippen LogP contribution in [-0.4, -0.2) is 82.6 Å². The van der Waals surface area contributed by atoms with Crippen molar-refractivity contribution in [2.24, 2.45) is 0 Å². The highest BCUT2D eigenvalue weighted by Gasteiger charge is 2.38. The molecule has 4 heterocycles. The third kappa shape index (κ3) is 6.88. The first-order valence-electron chi connectivity index (χ1n) is 13.6. The summed E-state index contributed by atoms with van der Waals surface area (Å²) in [7, 11) is 5.93. The van der Waals surface area contributed by atoms with Crippen molar-refractivity contribution >= 4 is 40.7 Å². The lowest BCUT2D eigenvalue weighted by atomic mass is 9.91. The van der Waals surface area contributed by atoms with Gasteiger partial charge in [-0.2, -0.15) is 9.97 Å². The number of aryl methyl sites for hydroxylation is 1. The van der Waals surface area contributed by atoms with Gasteiger partial charge in [-0.05, 0) is 59.1 Å². The molecule has 0 unspecified atom stereocenters. The second-order valence-corrected chi connectivity index (χ2v) is 11.3. The van der Waals surface area contributed by atoms with Crippen LogP contribution in [-0.2, 0) is 10.2 Å². The number of rotatable bonds is 11.